The highest BCUT2D eigenvalue weighted by Crippen LogP contribution is 2.35. The molecule has 0 aromatic carbocycles. The lowest BCUT2D eigenvalue weighted by molar-refractivity contribution is 0.0283. The number of likely N-dealkylation sites (N-methyl/N-ethyl adjacent to an activating group) is 1. The summed E-state index contributed by atoms with van der Waals surface area (Å²) in [5.74, 6) is 0.876. The van der Waals surface area contributed by atoms with Crippen LogP contribution in [0.2, 0.25) is 0 Å². The standard InChI is InChI=1S/C13H28N2O/c1-4-15(9-10-16-3)13(11-14)7-5-12(2)6-8-13/h12H,4-11,14H2,1-3H3. The highest BCUT2D eigenvalue weighted by molar-refractivity contribution is 4.95. The number of rotatable bonds is 6. The second-order valence-electron chi connectivity index (χ2n) is 5.18. The summed E-state index contributed by atoms with van der Waals surface area (Å²) in [4.78, 5) is 2.53. The van der Waals surface area contributed by atoms with Crippen molar-refractivity contribution in [1.82, 2.24) is 4.90 Å². The molecule has 3 nitrogen and oxygen atoms in total. The summed E-state index contributed by atoms with van der Waals surface area (Å²) < 4.78 is 5.19. The maximum absolute atomic E-state index is 6.05. The quantitative estimate of drug-likeness (QED) is 0.754. The largest absolute Gasteiger partial charge is 0.383 e. The maximum atomic E-state index is 6.05. The molecule has 0 aromatic heterocycles. The molecule has 96 valence electrons. The van der Waals surface area contributed by atoms with Crippen molar-refractivity contribution in [2.75, 3.05) is 33.4 Å². The van der Waals surface area contributed by atoms with Gasteiger partial charge in [0.1, 0.15) is 0 Å². The van der Waals surface area contributed by atoms with Crippen molar-refractivity contribution in [1.29, 1.82) is 0 Å². The van der Waals surface area contributed by atoms with E-state index >= 15 is 0 Å². The summed E-state index contributed by atoms with van der Waals surface area (Å²) in [6, 6.07) is 0. The average Bonchev–Trinajstić information content (AvgIpc) is 2.32. The van der Waals surface area contributed by atoms with Crippen LogP contribution in [0.3, 0.4) is 0 Å². The number of nitrogens with two attached hydrogens (primary N) is 1. The zero-order chi connectivity index (χ0) is 12.0. The van der Waals surface area contributed by atoms with Crippen LogP contribution >= 0.6 is 0 Å². The van der Waals surface area contributed by atoms with Gasteiger partial charge in [0.2, 0.25) is 0 Å². The molecule has 0 aromatic rings. The van der Waals surface area contributed by atoms with Crippen LogP contribution in [0.15, 0.2) is 0 Å². The van der Waals surface area contributed by atoms with Gasteiger partial charge in [-0.1, -0.05) is 13.8 Å². The minimum atomic E-state index is 0.250. The van der Waals surface area contributed by atoms with Crippen LogP contribution in [-0.4, -0.2) is 43.8 Å². The van der Waals surface area contributed by atoms with Crippen molar-refractivity contribution in [3.63, 3.8) is 0 Å². The van der Waals surface area contributed by atoms with Gasteiger partial charge in [-0.05, 0) is 38.1 Å². The fourth-order valence-electron chi connectivity index (χ4n) is 2.88. The molecule has 0 heterocycles. The van der Waals surface area contributed by atoms with Gasteiger partial charge in [0.25, 0.3) is 0 Å². The molecule has 1 rings (SSSR count). The van der Waals surface area contributed by atoms with Crippen LogP contribution in [-0.2, 0) is 4.74 Å². The molecule has 3 heteroatoms. The number of methoxy groups -OCH3 is 1. The lowest BCUT2D eigenvalue weighted by Crippen LogP contribution is -2.56. The first-order chi connectivity index (χ1) is 7.68. The van der Waals surface area contributed by atoms with Crippen LogP contribution in [0.4, 0.5) is 0 Å². The van der Waals surface area contributed by atoms with E-state index in [-0.39, 0.29) is 5.54 Å². The van der Waals surface area contributed by atoms with Crippen molar-refractivity contribution >= 4 is 0 Å². The minimum absolute atomic E-state index is 0.250. The number of hydrogen-bond acceptors (Lipinski definition) is 3. The van der Waals surface area contributed by atoms with Crippen LogP contribution in [0.5, 0.6) is 0 Å². The molecule has 1 aliphatic rings. The van der Waals surface area contributed by atoms with E-state index in [1.165, 1.54) is 25.7 Å². The Kier molecular flexibility index (Phi) is 5.73. The Bertz CT molecular complexity index is 188. The SMILES string of the molecule is CCN(CCOC)C1(CN)CCC(C)CC1. The molecule has 0 bridgehead atoms. The summed E-state index contributed by atoms with van der Waals surface area (Å²) in [7, 11) is 1.77. The predicted molar refractivity (Wildman–Crippen MR) is 68.5 cm³/mol. The third kappa shape index (κ3) is 3.19. The second-order valence-corrected chi connectivity index (χ2v) is 5.18. The van der Waals surface area contributed by atoms with Gasteiger partial charge >= 0.3 is 0 Å². The first kappa shape index (κ1) is 13.9. The van der Waals surface area contributed by atoms with Gasteiger partial charge in [0.15, 0.2) is 0 Å². The Morgan fingerprint density at radius 2 is 2.00 bits per heavy atom. The van der Waals surface area contributed by atoms with E-state index in [0.29, 0.717) is 0 Å². The summed E-state index contributed by atoms with van der Waals surface area (Å²) in [5.41, 5.74) is 6.30. The van der Waals surface area contributed by atoms with E-state index in [2.05, 4.69) is 18.7 Å². The fraction of sp³-hybridized carbons (Fsp3) is 1.00. The lowest BCUT2D eigenvalue weighted by atomic mass is 9.76. The van der Waals surface area contributed by atoms with E-state index in [1.807, 2.05) is 0 Å². The smallest absolute Gasteiger partial charge is 0.0589 e. The number of ether oxygens (including phenoxy) is 1. The van der Waals surface area contributed by atoms with Gasteiger partial charge < -0.3 is 10.5 Å². The molecule has 0 aliphatic heterocycles. The van der Waals surface area contributed by atoms with Gasteiger partial charge in [-0.3, -0.25) is 4.90 Å². The minimum Gasteiger partial charge on any atom is -0.383 e. The highest BCUT2D eigenvalue weighted by atomic mass is 16.5. The Balaban J connectivity index is 2.61. The first-order valence-electron chi connectivity index (χ1n) is 6.62. The van der Waals surface area contributed by atoms with Crippen molar-refractivity contribution < 1.29 is 4.74 Å². The maximum Gasteiger partial charge on any atom is 0.0589 e. The van der Waals surface area contributed by atoms with Gasteiger partial charge in [-0.15, -0.1) is 0 Å². The molecular formula is C13H28N2O. The zero-order valence-corrected chi connectivity index (χ0v) is 11.2. The number of hydrogen-bond donors (Lipinski definition) is 1. The topological polar surface area (TPSA) is 38.5 Å². The van der Waals surface area contributed by atoms with Gasteiger partial charge in [0, 0.05) is 25.7 Å². The molecule has 0 radical (unpaired) electrons. The van der Waals surface area contributed by atoms with Crippen molar-refractivity contribution in [2.45, 2.75) is 45.1 Å². The van der Waals surface area contributed by atoms with Crippen LogP contribution < -0.4 is 5.73 Å². The molecule has 0 saturated heterocycles. The Morgan fingerprint density at radius 3 is 2.44 bits per heavy atom. The zero-order valence-electron chi connectivity index (χ0n) is 11.2. The average molecular weight is 228 g/mol. The van der Waals surface area contributed by atoms with E-state index < -0.39 is 0 Å². The molecule has 2 N–H and O–H groups in total. The lowest BCUT2D eigenvalue weighted by Gasteiger charge is -2.47. The van der Waals surface area contributed by atoms with Crippen LogP contribution in [0.1, 0.15) is 39.5 Å². The van der Waals surface area contributed by atoms with Crippen molar-refractivity contribution in [3.05, 3.63) is 0 Å². The highest BCUT2D eigenvalue weighted by Gasteiger charge is 2.37. The Hall–Kier alpha value is -0.120. The molecule has 0 atom stereocenters. The summed E-state index contributed by atoms with van der Waals surface area (Å²) in [5, 5.41) is 0. The Labute approximate surface area is 100 Å². The van der Waals surface area contributed by atoms with Gasteiger partial charge in [-0.25, -0.2) is 0 Å². The predicted octanol–water partition coefficient (Wildman–Crippen LogP) is 1.86. The van der Waals surface area contributed by atoms with E-state index in [1.54, 1.807) is 7.11 Å². The fourth-order valence-corrected chi connectivity index (χ4v) is 2.88. The molecule has 16 heavy (non-hydrogen) atoms. The van der Waals surface area contributed by atoms with Crippen molar-refractivity contribution in [2.24, 2.45) is 11.7 Å². The Morgan fingerprint density at radius 1 is 1.38 bits per heavy atom. The molecule has 0 unspecified atom stereocenters. The summed E-state index contributed by atoms with van der Waals surface area (Å²) in [6.07, 6.45) is 5.14. The first-order valence-corrected chi connectivity index (χ1v) is 6.62. The van der Waals surface area contributed by atoms with Gasteiger partial charge in [0.05, 0.1) is 6.61 Å². The van der Waals surface area contributed by atoms with E-state index in [4.69, 9.17) is 10.5 Å². The van der Waals surface area contributed by atoms with E-state index in [9.17, 15) is 0 Å². The third-order valence-electron chi connectivity index (χ3n) is 4.20. The molecule has 0 amide bonds. The number of nitrogens with zero attached hydrogens (tertiary/aromatic N) is 1. The normalized spacial score (nSPS) is 30.9. The third-order valence-corrected chi connectivity index (χ3v) is 4.20. The molecule has 1 aliphatic carbocycles. The van der Waals surface area contributed by atoms with Gasteiger partial charge in [-0.2, -0.15) is 0 Å². The second kappa shape index (κ2) is 6.58. The summed E-state index contributed by atoms with van der Waals surface area (Å²) in [6.45, 7) is 8.27. The monoisotopic (exact) mass is 228 g/mol. The van der Waals surface area contributed by atoms with E-state index in [0.717, 1.165) is 32.2 Å². The molecule has 1 saturated carbocycles. The summed E-state index contributed by atoms with van der Waals surface area (Å²) >= 11 is 0. The van der Waals surface area contributed by atoms with Crippen molar-refractivity contribution in [3.8, 4) is 0 Å². The molecule has 0 spiro atoms. The van der Waals surface area contributed by atoms with Crippen LogP contribution in [0.25, 0.3) is 0 Å². The van der Waals surface area contributed by atoms with Crippen LogP contribution in [0, 0.1) is 5.92 Å². The molecular weight excluding hydrogens is 200 g/mol. The molecule has 1 fully saturated rings.